The molecule has 0 atom stereocenters. The minimum Gasteiger partial charge on any atom is -0.381 e. The average molecular weight is 501 g/mol. The van der Waals surface area contributed by atoms with Crippen molar-refractivity contribution in [2.24, 2.45) is 10.9 Å². The Bertz CT molecular complexity index is 572. The van der Waals surface area contributed by atoms with E-state index in [2.05, 4.69) is 47.9 Å². The molecule has 0 spiro atoms. The first-order valence-electron chi connectivity index (χ1n) is 10.6. The Kier molecular flexibility index (Phi) is 10.6. The number of nitrogens with one attached hydrogen (secondary N) is 2. The monoisotopic (exact) mass is 501 g/mol. The lowest BCUT2D eigenvalue weighted by Crippen LogP contribution is -2.41. The van der Waals surface area contributed by atoms with Crippen LogP contribution in [0, 0.1) is 5.92 Å². The lowest BCUT2D eigenvalue weighted by Gasteiger charge is -2.36. The minimum absolute atomic E-state index is 0. The fourth-order valence-electron chi connectivity index (χ4n) is 3.58. The zero-order chi connectivity index (χ0) is 18.8. The normalized spacial score (nSPS) is 19.0. The average Bonchev–Trinajstić information content (AvgIpc) is 3.54. The number of halogens is 1. The molecule has 158 valence electrons. The van der Waals surface area contributed by atoms with Crippen LogP contribution in [0.2, 0.25) is 0 Å². The maximum Gasteiger partial charge on any atom is 0.191 e. The Morgan fingerprint density at radius 2 is 1.93 bits per heavy atom. The summed E-state index contributed by atoms with van der Waals surface area (Å²) < 4.78 is 11.3. The molecule has 1 aliphatic heterocycles. The minimum atomic E-state index is 0. The maximum atomic E-state index is 5.71. The van der Waals surface area contributed by atoms with Crippen molar-refractivity contribution >= 4 is 29.9 Å². The molecule has 0 bridgehead atoms. The quantitative estimate of drug-likeness (QED) is 0.222. The van der Waals surface area contributed by atoms with E-state index >= 15 is 0 Å². The molecule has 1 aliphatic carbocycles. The van der Waals surface area contributed by atoms with Gasteiger partial charge in [0.25, 0.3) is 0 Å². The van der Waals surface area contributed by atoms with E-state index in [9.17, 15) is 0 Å². The van der Waals surface area contributed by atoms with Gasteiger partial charge >= 0.3 is 0 Å². The molecule has 1 aromatic rings. The Morgan fingerprint density at radius 3 is 2.61 bits per heavy atom. The largest absolute Gasteiger partial charge is 0.381 e. The summed E-state index contributed by atoms with van der Waals surface area (Å²) in [7, 11) is 0. The Balaban J connectivity index is 0.00000280. The lowest BCUT2D eigenvalue weighted by molar-refractivity contribution is 0.0531. The standard InChI is InChI=1S/C22H35N3O2.HI/c1-2-23-21(24-13-6-14-27-17-19-9-10-19)25-18-22(11-15-26-16-12-22)20-7-4-3-5-8-20;/h3-5,7-8,19H,2,6,9-18H2,1H3,(H2,23,24,25);1H. The molecule has 0 amide bonds. The molecule has 0 aromatic heterocycles. The van der Waals surface area contributed by atoms with Crippen LogP contribution in [-0.2, 0) is 14.9 Å². The Labute approximate surface area is 187 Å². The highest BCUT2D eigenvalue weighted by atomic mass is 127. The van der Waals surface area contributed by atoms with Gasteiger partial charge in [-0.3, -0.25) is 4.99 Å². The summed E-state index contributed by atoms with van der Waals surface area (Å²) in [5.74, 6) is 1.74. The smallest absolute Gasteiger partial charge is 0.191 e. The number of aliphatic imine (C=N–C) groups is 1. The topological polar surface area (TPSA) is 54.9 Å². The van der Waals surface area contributed by atoms with Gasteiger partial charge in [0, 0.05) is 44.9 Å². The number of hydrogen-bond acceptors (Lipinski definition) is 3. The SMILES string of the molecule is CCNC(=NCC1(c2ccccc2)CCOCC1)NCCCOCC1CC1.I. The molecule has 3 rings (SSSR count). The second-order valence-electron chi connectivity index (χ2n) is 7.75. The van der Waals surface area contributed by atoms with Gasteiger partial charge in [-0.15, -0.1) is 24.0 Å². The van der Waals surface area contributed by atoms with Crippen LogP contribution >= 0.6 is 24.0 Å². The molecule has 2 fully saturated rings. The molecule has 6 heteroatoms. The molecular weight excluding hydrogens is 465 g/mol. The van der Waals surface area contributed by atoms with Crippen LogP contribution in [0.25, 0.3) is 0 Å². The summed E-state index contributed by atoms with van der Waals surface area (Å²) in [6.07, 6.45) is 5.76. The predicted octanol–water partition coefficient (Wildman–Crippen LogP) is 3.72. The van der Waals surface area contributed by atoms with Gasteiger partial charge < -0.3 is 20.1 Å². The molecule has 0 radical (unpaired) electrons. The fourth-order valence-corrected chi connectivity index (χ4v) is 3.58. The van der Waals surface area contributed by atoms with E-state index in [0.717, 1.165) is 77.2 Å². The van der Waals surface area contributed by atoms with Crippen LogP contribution in [-0.4, -0.2) is 52.0 Å². The van der Waals surface area contributed by atoms with Crippen molar-refractivity contribution in [2.45, 2.75) is 44.4 Å². The van der Waals surface area contributed by atoms with Crippen LogP contribution in [0.15, 0.2) is 35.3 Å². The van der Waals surface area contributed by atoms with Crippen LogP contribution < -0.4 is 10.6 Å². The number of hydrogen-bond donors (Lipinski definition) is 2. The van der Waals surface area contributed by atoms with Gasteiger partial charge in [0.15, 0.2) is 5.96 Å². The first-order valence-corrected chi connectivity index (χ1v) is 10.6. The van der Waals surface area contributed by atoms with Crippen molar-refractivity contribution in [1.82, 2.24) is 10.6 Å². The van der Waals surface area contributed by atoms with E-state index in [4.69, 9.17) is 14.5 Å². The highest BCUT2D eigenvalue weighted by Crippen LogP contribution is 2.35. The maximum absolute atomic E-state index is 5.71. The summed E-state index contributed by atoms with van der Waals surface area (Å²) in [4.78, 5) is 4.94. The van der Waals surface area contributed by atoms with E-state index in [1.54, 1.807) is 0 Å². The predicted molar refractivity (Wildman–Crippen MR) is 126 cm³/mol. The summed E-state index contributed by atoms with van der Waals surface area (Å²) in [5.41, 5.74) is 1.45. The van der Waals surface area contributed by atoms with Crippen molar-refractivity contribution in [2.75, 3.05) is 46.1 Å². The van der Waals surface area contributed by atoms with Crippen molar-refractivity contribution in [3.63, 3.8) is 0 Å². The molecule has 1 heterocycles. The third kappa shape index (κ3) is 7.52. The van der Waals surface area contributed by atoms with Gasteiger partial charge in [0.2, 0.25) is 0 Å². The molecule has 5 nitrogen and oxygen atoms in total. The number of nitrogens with zero attached hydrogens (tertiary/aromatic N) is 1. The zero-order valence-electron chi connectivity index (χ0n) is 17.1. The molecular formula is C22H36IN3O2. The third-order valence-electron chi connectivity index (χ3n) is 5.53. The zero-order valence-corrected chi connectivity index (χ0v) is 19.5. The Hall–Kier alpha value is -0.860. The van der Waals surface area contributed by atoms with Gasteiger partial charge in [0.05, 0.1) is 6.54 Å². The molecule has 1 aromatic carbocycles. The summed E-state index contributed by atoms with van der Waals surface area (Å²) in [6, 6.07) is 10.8. The lowest BCUT2D eigenvalue weighted by atomic mass is 9.74. The molecule has 1 saturated heterocycles. The first-order chi connectivity index (χ1) is 13.3. The summed E-state index contributed by atoms with van der Waals surface area (Å²) in [5, 5.41) is 6.84. The van der Waals surface area contributed by atoms with Gasteiger partial charge in [0.1, 0.15) is 0 Å². The van der Waals surface area contributed by atoms with Gasteiger partial charge in [-0.2, -0.15) is 0 Å². The van der Waals surface area contributed by atoms with Gasteiger partial charge in [-0.05, 0) is 50.5 Å². The molecule has 0 unspecified atom stereocenters. The number of ether oxygens (including phenoxy) is 2. The number of rotatable bonds is 10. The Morgan fingerprint density at radius 1 is 1.18 bits per heavy atom. The van der Waals surface area contributed by atoms with Crippen LogP contribution in [0.3, 0.4) is 0 Å². The van der Waals surface area contributed by atoms with E-state index in [1.807, 2.05) is 0 Å². The van der Waals surface area contributed by atoms with Gasteiger partial charge in [-0.25, -0.2) is 0 Å². The van der Waals surface area contributed by atoms with Crippen molar-refractivity contribution in [1.29, 1.82) is 0 Å². The van der Waals surface area contributed by atoms with E-state index in [0.29, 0.717) is 0 Å². The van der Waals surface area contributed by atoms with Crippen molar-refractivity contribution in [3.8, 4) is 0 Å². The second-order valence-corrected chi connectivity index (χ2v) is 7.75. The third-order valence-corrected chi connectivity index (χ3v) is 5.53. The summed E-state index contributed by atoms with van der Waals surface area (Å²) >= 11 is 0. The second kappa shape index (κ2) is 12.6. The fraction of sp³-hybridized carbons (Fsp3) is 0.682. The highest BCUT2D eigenvalue weighted by Gasteiger charge is 2.34. The van der Waals surface area contributed by atoms with Crippen LogP contribution in [0.1, 0.15) is 44.6 Å². The van der Waals surface area contributed by atoms with E-state index in [1.165, 1.54) is 18.4 Å². The van der Waals surface area contributed by atoms with Crippen molar-refractivity contribution < 1.29 is 9.47 Å². The number of guanidine groups is 1. The van der Waals surface area contributed by atoms with Gasteiger partial charge in [-0.1, -0.05) is 30.3 Å². The number of benzene rings is 1. The van der Waals surface area contributed by atoms with Crippen LogP contribution in [0.4, 0.5) is 0 Å². The molecule has 2 N–H and O–H groups in total. The van der Waals surface area contributed by atoms with E-state index < -0.39 is 0 Å². The van der Waals surface area contributed by atoms with Crippen molar-refractivity contribution in [3.05, 3.63) is 35.9 Å². The van der Waals surface area contributed by atoms with Crippen LogP contribution in [0.5, 0.6) is 0 Å². The summed E-state index contributed by atoms with van der Waals surface area (Å²) in [6.45, 7) is 8.04. The molecule has 28 heavy (non-hydrogen) atoms. The van der Waals surface area contributed by atoms with E-state index in [-0.39, 0.29) is 29.4 Å². The molecule has 2 aliphatic rings. The molecule has 1 saturated carbocycles. The first kappa shape index (κ1) is 23.4. The highest BCUT2D eigenvalue weighted by molar-refractivity contribution is 14.0.